The van der Waals surface area contributed by atoms with Crippen molar-refractivity contribution < 1.29 is 9.47 Å². The monoisotopic (exact) mass is 354 g/mol. The van der Waals surface area contributed by atoms with E-state index in [0.29, 0.717) is 22.5 Å². The van der Waals surface area contributed by atoms with Gasteiger partial charge in [0.05, 0.1) is 29.4 Å². The van der Waals surface area contributed by atoms with Crippen LogP contribution in [0.5, 0.6) is 11.5 Å². The van der Waals surface area contributed by atoms with Crippen LogP contribution in [0.25, 0.3) is 11.0 Å². The summed E-state index contributed by atoms with van der Waals surface area (Å²) < 4.78 is 10.7. The Morgan fingerprint density at radius 2 is 2.24 bits per heavy atom. The summed E-state index contributed by atoms with van der Waals surface area (Å²) >= 11 is 6.22. The fraction of sp³-hybridized carbons (Fsp3) is 0.111. The second kappa shape index (κ2) is 7.60. The summed E-state index contributed by atoms with van der Waals surface area (Å²) in [5, 5.41) is 4.55. The second-order valence-electron chi connectivity index (χ2n) is 5.00. The van der Waals surface area contributed by atoms with Crippen LogP contribution in [0.15, 0.2) is 41.5 Å². The van der Waals surface area contributed by atoms with Crippen LogP contribution in [-0.4, -0.2) is 29.9 Å². The molecule has 0 saturated heterocycles. The lowest BCUT2D eigenvalue weighted by Crippen LogP contribution is -1.99. The molecule has 0 amide bonds. The van der Waals surface area contributed by atoms with Crippen molar-refractivity contribution >= 4 is 34.8 Å². The zero-order chi connectivity index (χ0) is 17.6. The van der Waals surface area contributed by atoms with E-state index < -0.39 is 0 Å². The number of nitrogens with zero attached hydrogens (tertiary/aromatic N) is 2. The number of aromatic nitrogens is 2. The highest BCUT2D eigenvalue weighted by atomic mass is 35.5. The molecule has 1 heterocycles. The molecule has 6 nitrogen and oxygen atoms in total. The van der Waals surface area contributed by atoms with Crippen molar-refractivity contribution in [3.05, 3.63) is 47.0 Å². The third kappa shape index (κ3) is 3.84. The first kappa shape index (κ1) is 16.7. The normalized spacial score (nSPS) is 10.8. The summed E-state index contributed by atoms with van der Waals surface area (Å²) in [5.41, 5.74) is 5.38. The van der Waals surface area contributed by atoms with Crippen molar-refractivity contribution in [1.82, 2.24) is 9.97 Å². The second-order valence-corrected chi connectivity index (χ2v) is 5.41. The highest BCUT2D eigenvalue weighted by Crippen LogP contribution is 2.36. The number of para-hydroxylation sites is 2. The topological polar surface area (TPSA) is 71.5 Å². The molecule has 3 rings (SSSR count). The first-order valence-corrected chi connectivity index (χ1v) is 7.76. The Bertz CT molecular complexity index is 926. The molecule has 0 unspecified atom stereocenters. The van der Waals surface area contributed by atoms with Gasteiger partial charge in [0, 0.05) is 0 Å². The van der Waals surface area contributed by atoms with Crippen molar-refractivity contribution in [3.8, 4) is 23.8 Å². The smallest absolute Gasteiger partial charge is 0.222 e. The zero-order valence-electron chi connectivity index (χ0n) is 13.4. The molecular formula is C18H15ClN4O2. The molecule has 0 aliphatic heterocycles. The number of hydrogen-bond acceptors (Lipinski definition) is 5. The predicted molar refractivity (Wildman–Crippen MR) is 99.6 cm³/mol. The van der Waals surface area contributed by atoms with Crippen LogP contribution in [0, 0.1) is 12.3 Å². The number of rotatable bonds is 6. The van der Waals surface area contributed by atoms with Gasteiger partial charge in [0.2, 0.25) is 5.95 Å². The largest absolute Gasteiger partial charge is 0.493 e. The molecule has 0 atom stereocenters. The molecular weight excluding hydrogens is 340 g/mol. The van der Waals surface area contributed by atoms with Gasteiger partial charge in [0.1, 0.15) is 6.61 Å². The third-order valence-corrected chi connectivity index (χ3v) is 3.61. The average molecular weight is 355 g/mol. The minimum Gasteiger partial charge on any atom is -0.493 e. The minimum absolute atomic E-state index is 0.108. The van der Waals surface area contributed by atoms with Crippen LogP contribution >= 0.6 is 11.6 Å². The lowest BCUT2D eigenvalue weighted by molar-refractivity contribution is 0.331. The molecule has 0 radical (unpaired) electrons. The SMILES string of the molecule is C#CCOc1c(Cl)cc(/C=N\Nc2nc3ccccc3[nH]2)cc1OC. The number of aromatic amines is 1. The Hall–Kier alpha value is -3.17. The van der Waals surface area contributed by atoms with E-state index in [-0.39, 0.29) is 6.61 Å². The van der Waals surface area contributed by atoms with Crippen LogP contribution < -0.4 is 14.9 Å². The van der Waals surface area contributed by atoms with E-state index in [1.807, 2.05) is 24.3 Å². The molecule has 0 spiro atoms. The van der Waals surface area contributed by atoms with Gasteiger partial charge in [-0.3, -0.25) is 0 Å². The van der Waals surface area contributed by atoms with Gasteiger partial charge in [-0.05, 0) is 29.8 Å². The summed E-state index contributed by atoms with van der Waals surface area (Å²) in [7, 11) is 1.53. The van der Waals surface area contributed by atoms with Crippen molar-refractivity contribution in [3.63, 3.8) is 0 Å². The van der Waals surface area contributed by atoms with E-state index in [9.17, 15) is 0 Å². The molecule has 7 heteroatoms. The molecule has 126 valence electrons. The molecule has 1 aromatic heterocycles. The van der Waals surface area contributed by atoms with Crippen molar-refractivity contribution in [1.29, 1.82) is 0 Å². The van der Waals surface area contributed by atoms with Gasteiger partial charge in [0.25, 0.3) is 0 Å². The first-order chi connectivity index (χ1) is 12.2. The van der Waals surface area contributed by atoms with Crippen molar-refractivity contribution in [2.45, 2.75) is 0 Å². The number of nitrogens with one attached hydrogen (secondary N) is 2. The Balaban J connectivity index is 1.76. The fourth-order valence-corrected chi connectivity index (χ4v) is 2.52. The van der Waals surface area contributed by atoms with Gasteiger partial charge in [0.15, 0.2) is 11.5 Å². The average Bonchev–Trinajstić information content (AvgIpc) is 3.03. The summed E-state index contributed by atoms with van der Waals surface area (Å²) in [4.78, 5) is 7.50. The number of fused-ring (bicyclic) bond motifs is 1. The van der Waals surface area contributed by atoms with E-state index in [1.54, 1.807) is 18.3 Å². The number of terminal acetylenes is 1. The molecule has 25 heavy (non-hydrogen) atoms. The molecule has 2 aromatic carbocycles. The predicted octanol–water partition coefficient (Wildman–Crippen LogP) is 3.68. The lowest BCUT2D eigenvalue weighted by Gasteiger charge is -2.11. The summed E-state index contributed by atoms with van der Waals surface area (Å²) in [6.07, 6.45) is 6.80. The number of methoxy groups -OCH3 is 1. The number of ether oxygens (including phenoxy) is 2. The number of halogens is 1. The van der Waals surface area contributed by atoms with Gasteiger partial charge in [-0.1, -0.05) is 29.7 Å². The van der Waals surface area contributed by atoms with E-state index in [2.05, 4.69) is 26.4 Å². The van der Waals surface area contributed by atoms with Crippen LogP contribution in [-0.2, 0) is 0 Å². The molecule has 2 N–H and O–H groups in total. The Labute approximate surface area is 149 Å². The maximum Gasteiger partial charge on any atom is 0.222 e. The van der Waals surface area contributed by atoms with E-state index >= 15 is 0 Å². The lowest BCUT2D eigenvalue weighted by atomic mass is 10.2. The van der Waals surface area contributed by atoms with E-state index in [0.717, 1.165) is 16.6 Å². The molecule has 0 saturated carbocycles. The number of benzene rings is 2. The number of anilines is 1. The third-order valence-electron chi connectivity index (χ3n) is 3.33. The quantitative estimate of drug-likeness (QED) is 0.402. The van der Waals surface area contributed by atoms with Crippen LogP contribution in [0.1, 0.15) is 5.56 Å². The fourth-order valence-electron chi connectivity index (χ4n) is 2.24. The van der Waals surface area contributed by atoms with Crippen LogP contribution in [0.4, 0.5) is 5.95 Å². The van der Waals surface area contributed by atoms with E-state index in [4.69, 9.17) is 27.5 Å². The van der Waals surface area contributed by atoms with Gasteiger partial charge < -0.3 is 14.5 Å². The Morgan fingerprint density at radius 3 is 3.00 bits per heavy atom. The van der Waals surface area contributed by atoms with Crippen molar-refractivity contribution in [2.24, 2.45) is 5.10 Å². The number of hydrogen-bond donors (Lipinski definition) is 2. The van der Waals surface area contributed by atoms with Crippen molar-refractivity contribution in [2.75, 3.05) is 19.1 Å². The molecule has 0 bridgehead atoms. The molecule has 0 aliphatic rings. The van der Waals surface area contributed by atoms with Gasteiger partial charge in [-0.2, -0.15) is 5.10 Å². The van der Waals surface area contributed by atoms with Gasteiger partial charge >= 0.3 is 0 Å². The first-order valence-electron chi connectivity index (χ1n) is 7.39. The highest BCUT2D eigenvalue weighted by molar-refractivity contribution is 6.32. The maximum atomic E-state index is 6.22. The summed E-state index contributed by atoms with van der Waals surface area (Å²) in [6, 6.07) is 11.2. The Kier molecular flexibility index (Phi) is 5.07. The summed E-state index contributed by atoms with van der Waals surface area (Å²) in [5.74, 6) is 3.82. The maximum absolute atomic E-state index is 6.22. The molecule has 0 aliphatic carbocycles. The molecule has 0 fully saturated rings. The van der Waals surface area contributed by atoms with Gasteiger partial charge in [-0.25, -0.2) is 10.4 Å². The summed E-state index contributed by atoms with van der Waals surface area (Å²) in [6.45, 7) is 0.108. The standard InChI is InChI=1S/C18H15ClN4O2/c1-3-8-25-17-13(19)9-12(10-16(17)24-2)11-20-23-18-21-14-6-4-5-7-15(14)22-18/h1,4-7,9-11H,8H2,2H3,(H2,21,22,23)/b20-11-. The Morgan fingerprint density at radius 1 is 1.40 bits per heavy atom. The molecule has 3 aromatic rings. The number of imidazole rings is 1. The zero-order valence-corrected chi connectivity index (χ0v) is 14.2. The minimum atomic E-state index is 0.108. The van der Waals surface area contributed by atoms with Crippen LogP contribution in [0.2, 0.25) is 5.02 Å². The van der Waals surface area contributed by atoms with Gasteiger partial charge in [-0.15, -0.1) is 6.42 Å². The number of hydrazone groups is 1. The van der Waals surface area contributed by atoms with Crippen LogP contribution in [0.3, 0.4) is 0 Å². The number of H-pyrrole nitrogens is 1. The highest BCUT2D eigenvalue weighted by Gasteiger charge is 2.11. The van der Waals surface area contributed by atoms with E-state index in [1.165, 1.54) is 7.11 Å².